The van der Waals surface area contributed by atoms with Crippen LogP contribution in [-0.2, 0) is 0 Å². The van der Waals surface area contributed by atoms with Crippen molar-refractivity contribution < 1.29 is 0 Å². The van der Waals surface area contributed by atoms with Gasteiger partial charge in [0.05, 0.1) is 66.2 Å². The van der Waals surface area contributed by atoms with Gasteiger partial charge in [0.1, 0.15) is 0 Å². The molecule has 0 radical (unpaired) electrons. The summed E-state index contributed by atoms with van der Waals surface area (Å²) in [5.41, 5.74) is 36.1. The van der Waals surface area contributed by atoms with Gasteiger partial charge in [-0.05, 0) is 206 Å². The van der Waals surface area contributed by atoms with Gasteiger partial charge >= 0.3 is 0 Å². The van der Waals surface area contributed by atoms with E-state index in [1.807, 2.05) is 0 Å². The number of benzene rings is 21. The van der Waals surface area contributed by atoms with Gasteiger partial charge in [-0.25, -0.2) is 0 Å². The van der Waals surface area contributed by atoms with E-state index in [0.29, 0.717) is 0 Å². The predicted molar refractivity (Wildman–Crippen MR) is 558 cm³/mol. The average molecular weight is 1680 g/mol. The van der Waals surface area contributed by atoms with Crippen LogP contribution >= 0.6 is 0 Å². The van der Waals surface area contributed by atoms with Crippen molar-refractivity contribution in [3.05, 3.63) is 510 Å². The van der Waals surface area contributed by atoms with Crippen LogP contribution in [0.3, 0.4) is 0 Å². The van der Waals surface area contributed by atoms with E-state index >= 15 is 0 Å². The van der Waals surface area contributed by atoms with E-state index in [4.69, 9.17) is 0 Å². The van der Waals surface area contributed by atoms with Crippen LogP contribution in [0.2, 0.25) is 0 Å². The van der Waals surface area contributed by atoms with Gasteiger partial charge in [-0.1, -0.05) is 370 Å². The molecule has 0 unspecified atom stereocenters. The predicted octanol–water partition coefficient (Wildman–Crippen LogP) is 33.6. The van der Waals surface area contributed by atoms with Crippen molar-refractivity contribution in [2.24, 2.45) is 0 Å². The first-order valence-electron chi connectivity index (χ1n) is 45.4. The zero-order chi connectivity index (χ0) is 87.1. The summed E-state index contributed by atoms with van der Waals surface area (Å²) in [7, 11) is 0. The molecule has 0 N–H and O–H groups in total. The Kier molecular flexibility index (Phi) is 18.8. The molecule has 0 fully saturated rings. The van der Waals surface area contributed by atoms with Crippen molar-refractivity contribution in [1.82, 2.24) is 27.4 Å². The quantitative estimate of drug-likeness (QED) is 0.117. The van der Waals surface area contributed by atoms with Crippen LogP contribution in [0, 0.1) is 0 Å². The first-order valence-corrected chi connectivity index (χ1v) is 45.4. The van der Waals surface area contributed by atoms with E-state index in [2.05, 4.69) is 537 Å². The maximum absolute atomic E-state index is 2.46. The third kappa shape index (κ3) is 13.0. The van der Waals surface area contributed by atoms with E-state index in [-0.39, 0.29) is 0 Å². The fourth-order valence-electron chi connectivity index (χ4n) is 20.8. The second kappa shape index (κ2) is 32.4. The molecule has 0 amide bonds. The number of para-hydroxylation sites is 6. The summed E-state index contributed by atoms with van der Waals surface area (Å²) >= 11 is 0. The first kappa shape index (κ1) is 76.8. The van der Waals surface area contributed by atoms with Crippen molar-refractivity contribution >= 4 is 131 Å². The maximum atomic E-state index is 2.46. The lowest BCUT2D eigenvalue weighted by Gasteiger charge is -2.11. The molecule has 6 aromatic heterocycles. The van der Waals surface area contributed by atoms with E-state index in [1.165, 1.54) is 203 Å². The minimum absolute atomic E-state index is 1.15. The molecular weight excluding hydrogens is 1600 g/mol. The van der Waals surface area contributed by atoms with E-state index in [9.17, 15) is 0 Å². The van der Waals surface area contributed by atoms with Gasteiger partial charge in [-0.3, -0.25) is 0 Å². The van der Waals surface area contributed by atoms with E-state index in [0.717, 1.165) is 28.4 Å². The molecule has 0 saturated carbocycles. The van der Waals surface area contributed by atoms with Gasteiger partial charge < -0.3 is 27.4 Å². The van der Waals surface area contributed by atoms with Gasteiger partial charge in [-0.15, -0.1) is 0 Å². The molecule has 0 saturated heterocycles. The summed E-state index contributed by atoms with van der Waals surface area (Å²) in [6.07, 6.45) is 0. The van der Waals surface area contributed by atoms with E-state index in [1.54, 1.807) is 0 Å². The standard InChI is InChI=1S/3C42H28N2/c1-4-13-29(14-5-1)31-17-12-20-34(27-31)43-39-25-23-32(30-15-6-2-7-16-30)28-37(39)41-40(43)26-24-36-35-21-10-11-22-38(35)44(42(36)41)33-18-8-3-9-19-33;1-4-12-29(13-5-1)31-20-23-34(24-21-31)44-38-19-11-10-18-35(38)36-25-27-40-41(42(36)44)37-28-32(30-14-6-2-7-15-30)22-26-39(37)43(40)33-16-8-3-9-17-33;1-4-12-29(13-5-1)31-20-23-34(24-21-31)43-39-27-26-36-35-18-10-11-19-38(35)44(33-16-8-3-9-17-33)42(36)41(39)37-25-22-32(28-40(37)43)30-14-6-2-7-15-30/h3*1-28H. The van der Waals surface area contributed by atoms with Crippen molar-refractivity contribution in [3.63, 3.8) is 0 Å². The lowest BCUT2D eigenvalue weighted by Crippen LogP contribution is -1.95. The molecule has 618 valence electrons. The Hall–Kier alpha value is -17.6. The summed E-state index contributed by atoms with van der Waals surface area (Å²) in [5.74, 6) is 0. The molecule has 0 spiro atoms. The summed E-state index contributed by atoms with van der Waals surface area (Å²) in [6, 6.07) is 184. The molecule has 6 nitrogen and oxygen atoms in total. The Bertz CT molecular complexity index is 9050. The average Bonchev–Trinajstić information content (AvgIpc) is 1.55. The third-order valence-corrected chi connectivity index (χ3v) is 26.7. The molecule has 0 atom stereocenters. The highest BCUT2D eigenvalue weighted by Crippen LogP contribution is 2.49. The molecule has 0 aliphatic rings. The Labute approximate surface area is 763 Å². The molecule has 0 aliphatic heterocycles. The highest BCUT2D eigenvalue weighted by Gasteiger charge is 2.27. The molecule has 27 aromatic rings. The largest absolute Gasteiger partial charge is 0.309 e. The Morgan fingerprint density at radius 3 is 0.689 bits per heavy atom. The second-order valence-electron chi connectivity index (χ2n) is 34.2. The van der Waals surface area contributed by atoms with Crippen LogP contribution in [0.1, 0.15) is 0 Å². The normalized spacial score (nSPS) is 11.6. The van der Waals surface area contributed by atoms with Gasteiger partial charge in [0, 0.05) is 98.8 Å². The number of rotatable bonds is 12. The zero-order valence-electron chi connectivity index (χ0n) is 72.2. The molecule has 27 rings (SSSR count). The molecular formula is C126H84N6. The Balaban J connectivity index is 0.000000106. The van der Waals surface area contributed by atoms with Gasteiger partial charge in [0.25, 0.3) is 0 Å². The number of hydrogen-bond acceptors (Lipinski definition) is 0. The van der Waals surface area contributed by atoms with Crippen LogP contribution in [-0.4, -0.2) is 27.4 Å². The summed E-state index contributed by atoms with van der Waals surface area (Å²) in [5, 5.41) is 15.1. The number of fused-ring (bicyclic) bond motifs is 21. The molecule has 21 aromatic carbocycles. The third-order valence-electron chi connectivity index (χ3n) is 26.7. The molecule has 132 heavy (non-hydrogen) atoms. The van der Waals surface area contributed by atoms with Crippen molar-refractivity contribution in [2.45, 2.75) is 0 Å². The highest BCUT2D eigenvalue weighted by atomic mass is 15.0. The van der Waals surface area contributed by atoms with Crippen LogP contribution in [0.15, 0.2) is 510 Å². The summed E-state index contributed by atoms with van der Waals surface area (Å²) < 4.78 is 14.7. The smallest absolute Gasteiger partial charge is 0.0641 e. The number of hydrogen-bond donors (Lipinski definition) is 0. The minimum Gasteiger partial charge on any atom is -0.309 e. The van der Waals surface area contributed by atoms with Gasteiger partial charge in [0.2, 0.25) is 0 Å². The second-order valence-corrected chi connectivity index (χ2v) is 34.2. The van der Waals surface area contributed by atoms with Crippen LogP contribution in [0.5, 0.6) is 0 Å². The maximum Gasteiger partial charge on any atom is 0.0641 e. The Morgan fingerprint density at radius 2 is 0.318 bits per heavy atom. The molecule has 6 heterocycles. The molecule has 0 aliphatic carbocycles. The fraction of sp³-hybridized carbons (Fsp3) is 0. The topological polar surface area (TPSA) is 29.6 Å². The molecule has 6 heteroatoms. The van der Waals surface area contributed by atoms with Crippen molar-refractivity contribution in [3.8, 4) is 101 Å². The van der Waals surface area contributed by atoms with Crippen LogP contribution < -0.4 is 0 Å². The minimum atomic E-state index is 1.15. The molecule has 0 bridgehead atoms. The zero-order valence-corrected chi connectivity index (χ0v) is 72.2. The lowest BCUT2D eigenvalue weighted by molar-refractivity contribution is 1.17. The highest BCUT2D eigenvalue weighted by molar-refractivity contribution is 6.30. The SMILES string of the molecule is c1ccc(-c2ccc(-n3c4cc(-c5ccccc5)ccc4c4c3ccc3c5ccccc5n(-c5ccccc5)c34)cc2)cc1.c1ccc(-c2ccc(-n3c4ccccc4c4ccc5c(c6cc(-c7ccccc7)ccc6n5-c5ccccc5)c43)cc2)cc1.c1ccc(-c2cccc(-n3c4ccc(-c5ccccc5)cc4c4c3ccc3c5ccccc5n(-c5ccccc5)c34)c2)cc1. The van der Waals surface area contributed by atoms with E-state index < -0.39 is 0 Å². The summed E-state index contributed by atoms with van der Waals surface area (Å²) in [4.78, 5) is 0. The summed E-state index contributed by atoms with van der Waals surface area (Å²) in [6.45, 7) is 0. The lowest BCUT2D eigenvalue weighted by atomic mass is 10.0. The van der Waals surface area contributed by atoms with Crippen molar-refractivity contribution in [2.75, 3.05) is 0 Å². The Morgan fingerprint density at radius 1 is 0.0985 bits per heavy atom. The monoisotopic (exact) mass is 1680 g/mol. The first-order chi connectivity index (χ1) is 65.5. The van der Waals surface area contributed by atoms with Crippen LogP contribution in [0.4, 0.5) is 0 Å². The number of nitrogens with zero attached hydrogens (tertiary/aromatic N) is 6. The number of aromatic nitrogens is 6. The van der Waals surface area contributed by atoms with Crippen LogP contribution in [0.25, 0.3) is 232 Å². The van der Waals surface area contributed by atoms with Crippen molar-refractivity contribution in [1.29, 1.82) is 0 Å². The fourth-order valence-corrected chi connectivity index (χ4v) is 20.8. The van der Waals surface area contributed by atoms with Gasteiger partial charge in [-0.2, -0.15) is 0 Å². The van der Waals surface area contributed by atoms with Gasteiger partial charge in [0.15, 0.2) is 0 Å².